The van der Waals surface area contributed by atoms with Gasteiger partial charge in [0.1, 0.15) is 6.61 Å². The van der Waals surface area contributed by atoms with E-state index < -0.39 is 0 Å². The van der Waals surface area contributed by atoms with E-state index in [4.69, 9.17) is 26.8 Å². The smallest absolute Gasteiger partial charge is 0.250 e. The van der Waals surface area contributed by atoms with Crippen LogP contribution in [0.2, 0.25) is 5.02 Å². The summed E-state index contributed by atoms with van der Waals surface area (Å²) >= 11 is 5.80. The fraction of sp³-hybridized carbons (Fsp3) is 0.500. The summed E-state index contributed by atoms with van der Waals surface area (Å²) in [6.45, 7) is 3.73. The van der Waals surface area contributed by atoms with E-state index in [1.807, 2.05) is 0 Å². The molecule has 0 spiro atoms. The molecule has 3 N–H and O–H groups in total. The largest absolute Gasteiger partial charge is 0.397 e. The number of nitrogen functional groups attached to an aromatic ring is 1. The topological polar surface area (TPSA) is 73.6 Å². The van der Waals surface area contributed by atoms with Crippen LogP contribution in [0, 0.1) is 0 Å². The Kier molecular flexibility index (Phi) is 8.02. The molecule has 1 rings (SSSR count). The van der Waals surface area contributed by atoms with Crippen LogP contribution in [0.1, 0.15) is 19.8 Å². The van der Waals surface area contributed by atoms with Crippen molar-refractivity contribution in [2.24, 2.45) is 0 Å². The van der Waals surface area contributed by atoms with Crippen LogP contribution in [0.25, 0.3) is 0 Å². The number of anilines is 2. The molecule has 0 aliphatic rings. The van der Waals surface area contributed by atoms with Crippen molar-refractivity contribution in [1.29, 1.82) is 0 Å². The number of halogens is 1. The van der Waals surface area contributed by atoms with Crippen molar-refractivity contribution in [1.82, 2.24) is 0 Å². The lowest BCUT2D eigenvalue weighted by Gasteiger charge is -2.08. The molecule has 6 heteroatoms. The average molecular weight is 301 g/mol. The highest BCUT2D eigenvalue weighted by molar-refractivity contribution is 6.33. The molecule has 0 saturated heterocycles. The Balaban J connectivity index is 2.15. The first-order valence-electron chi connectivity index (χ1n) is 6.64. The predicted molar refractivity (Wildman–Crippen MR) is 81.0 cm³/mol. The van der Waals surface area contributed by atoms with Gasteiger partial charge in [0.25, 0.3) is 0 Å². The van der Waals surface area contributed by atoms with E-state index in [0.29, 0.717) is 29.6 Å². The fourth-order valence-electron chi connectivity index (χ4n) is 1.45. The van der Waals surface area contributed by atoms with Crippen LogP contribution in [-0.4, -0.2) is 32.3 Å². The van der Waals surface area contributed by atoms with E-state index in [9.17, 15) is 4.79 Å². The number of rotatable bonds is 9. The minimum absolute atomic E-state index is 0.0142. The molecule has 5 nitrogen and oxygen atoms in total. The van der Waals surface area contributed by atoms with Crippen molar-refractivity contribution in [3.8, 4) is 0 Å². The molecule has 0 fully saturated rings. The summed E-state index contributed by atoms with van der Waals surface area (Å²) in [5, 5.41) is 3.14. The second-order valence-corrected chi connectivity index (χ2v) is 4.71. The van der Waals surface area contributed by atoms with Crippen LogP contribution >= 0.6 is 11.6 Å². The highest BCUT2D eigenvalue weighted by atomic mass is 35.5. The summed E-state index contributed by atoms with van der Waals surface area (Å²) in [5.41, 5.74) is 6.67. The quantitative estimate of drug-likeness (QED) is 0.543. The third-order valence-corrected chi connectivity index (χ3v) is 2.87. The number of amides is 1. The molecule has 0 aromatic heterocycles. The Morgan fingerprint density at radius 2 is 2.05 bits per heavy atom. The molecule has 1 aromatic carbocycles. The van der Waals surface area contributed by atoms with Crippen LogP contribution < -0.4 is 11.1 Å². The zero-order valence-electron chi connectivity index (χ0n) is 11.7. The molecule has 0 radical (unpaired) electrons. The lowest BCUT2D eigenvalue weighted by atomic mass is 10.3. The van der Waals surface area contributed by atoms with Crippen molar-refractivity contribution >= 4 is 28.9 Å². The van der Waals surface area contributed by atoms with Gasteiger partial charge in [-0.3, -0.25) is 4.79 Å². The first kappa shape index (κ1) is 16.8. The number of benzene rings is 1. The molecule has 1 amide bonds. The molecule has 0 saturated carbocycles. The van der Waals surface area contributed by atoms with Gasteiger partial charge < -0.3 is 20.5 Å². The number of unbranched alkanes of at least 4 members (excludes halogenated alkanes) is 1. The molecule has 0 heterocycles. The number of hydrogen-bond acceptors (Lipinski definition) is 4. The van der Waals surface area contributed by atoms with E-state index >= 15 is 0 Å². The van der Waals surface area contributed by atoms with Crippen molar-refractivity contribution in [3.05, 3.63) is 23.2 Å². The normalized spacial score (nSPS) is 10.5. The van der Waals surface area contributed by atoms with Gasteiger partial charge in [-0.1, -0.05) is 24.9 Å². The van der Waals surface area contributed by atoms with Gasteiger partial charge in [0, 0.05) is 12.3 Å². The summed E-state index contributed by atoms with van der Waals surface area (Å²) in [6, 6.07) is 4.92. The lowest BCUT2D eigenvalue weighted by molar-refractivity contribution is -0.121. The maximum Gasteiger partial charge on any atom is 0.250 e. The van der Waals surface area contributed by atoms with Crippen LogP contribution in [0.4, 0.5) is 11.4 Å². The zero-order valence-corrected chi connectivity index (χ0v) is 12.4. The molecular formula is C14H21ClN2O3. The zero-order chi connectivity index (χ0) is 14.8. The molecule has 0 atom stereocenters. The van der Waals surface area contributed by atoms with Gasteiger partial charge in [0.15, 0.2) is 0 Å². The van der Waals surface area contributed by atoms with Crippen molar-refractivity contribution < 1.29 is 14.3 Å². The van der Waals surface area contributed by atoms with Crippen LogP contribution in [0.3, 0.4) is 0 Å². The van der Waals surface area contributed by atoms with E-state index in [1.165, 1.54) is 0 Å². The molecule has 0 bridgehead atoms. The van der Waals surface area contributed by atoms with E-state index in [1.54, 1.807) is 18.2 Å². The Labute approximate surface area is 124 Å². The Bertz CT molecular complexity index is 427. The van der Waals surface area contributed by atoms with Crippen molar-refractivity contribution in [2.75, 3.05) is 37.5 Å². The first-order chi connectivity index (χ1) is 9.63. The molecular weight excluding hydrogens is 280 g/mol. The van der Waals surface area contributed by atoms with Crippen molar-refractivity contribution in [3.63, 3.8) is 0 Å². The van der Waals surface area contributed by atoms with Gasteiger partial charge >= 0.3 is 0 Å². The van der Waals surface area contributed by atoms with Gasteiger partial charge in [-0.2, -0.15) is 0 Å². The van der Waals surface area contributed by atoms with Crippen LogP contribution in [0.15, 0.2) is 18.2 Å². The number of nitrogens with one attached hydrogen (secondary N) is 1. The molecule has 0 aliphatic heterocycles. The lowest BCUT2D eigenvalue weighted by Crippen LogP contribution is -2.20. The molecule has 112 valence electrons. The molecule has 1 aromatic rings. The van der Waals surface area contributed by atoms with E-state index in [2.05, 4.69) is 12.2 Å². The minimum Gasteiger partial charge on any atom is -0.397 e. The monoisotopic (exact) mass is 300 g/mol. The van der Waals surface area contributed by atoms with E-state index in [-0.39, 0.29) is 12.5 Å². The molecule has 20 heavy (non-hydrogen) atoms. The number of hydrogen-bond donors (Lipinski definition) is 2. The summed E-state index contributed by atoms with van der Waals surface area (Å²) in [6.07, 6.45) is 2.14. The summed E-state index contributed by atoms with van der Waals surface area (Å²) in [7, 11) is 0. The Morgan fingerprint density at radius 3 is 2.75 bits per heavy atom. The van der Waals surface area contributed by atoms with Gasteiger partial charge in [-0.25, -0.2) is 0 Å². The standard InChI is InChI=1S/C14H21ClN2O3/c1-2-3-6-19-7-8-20-10-14(18)17-11-4-5-12(15)13(16)9-11/h4-5,9H,2-3,6-8,10,16H2,1H3,(H,17,18). The third-order valence-electron chi connectivity index (χ3n) is 2.53. The minimum atomic E-state index is -0.236. The van der Waals surface area contributed by atoms with Crippen LogP contribution in [-0.2, 0) is 14.3 Å². The Morgan fingerprint density at radius 1 is 1.30 bits per heavy atom. The number of nitrogens with two attached hydrogens (primary N) is 1. The molecule has 0 unspecified atom stereocenters. The van der Waals surface area contributed by atoms with Crippen molar-refractivity contribution in [2.45, 2.75) is 19.8 Å². The van der Waals surface area contributed by atoms with Crippen LogP contribution in [0.5, 0.6) is 0 Å². The maximum absolute atomic E-state index is 11.6. The average Bonchev–Trinajstić information content (AvgIpc) is 2.42. The highest BCUT2D eigenvalue weighted by Crippen LogP contribution is 2.22. The number of carbonyl (C=O) groups is 1. The number of carbonyl (C=O) groups excluding carboxylic acids is 1. The third kappa shape index (κ3) is 6.75. The maximum atomic E-state index is 11.6. The SMILES string of the molecule is CCCCOCCOCC(=O)Nc1ccc(Cl)c(N)c1. The van der Waals surface area contributed by atoms with Gasteiger partial charge in [0.05, 0.1) is 23.9 Å². The first-order valence-corrected chi connectivity index (χ1v) is 7.01. The highest BCUT2D eigenvalue weighted by Gasteiger charge is 2.04. The number of ether oxygens (including phenoxy) is 2. The molecule has 0 aliphatic carbocycles. The second kappa shape index (κ2) is 9.58. The van der Waals surface area contributed by atoms with Gasteiger partial charge in [-0.15, -0.1) is 0 Å². The van der Waals surface area contributed by atoms with Gasteiger partial charge in [0.2, 0.25) is 5.91 Å². The Hall–Kier alpha value is -1.30. The summed E-state index contributed by atoms with van der Waals surface area (Å²) in [5.74, 6) is -0.236. The second-order valence-electron chi connectivity index (χ2n) is 4.30. The van der Waals surface area contributed by atoms with Gasteiger partial charge in [-0.05, 0) is 24.6 Å². The summed E-state index contributed by atoms with van der Waals surface area (Å²) < 4.78 is 10.5. The fourth-order valence-corrected chi connectivity index (χ4v) is 1.57. The van der Waals surface area contributed by atoms with E-state index in [0.717, 1.165) is 19.4 Å². The summed E-state index contributed by atoms with van der Waals surface area (Å²) in [4.78, 5) is 11.6. The predicted octanol–water partition coefficient (Wildman–Crippen LogP) is 2.69.